The van der Waals surface area contributed by atoms with Crippen LogP contribution in [0.25, 0.3) is 98.1 Å². The van der Waals surface area contributed by atoms with Gasteiger partial charge in [-0.1, -0.05) is 109 Å². The summed E-state index contributed by atoms with van der Waals surface area (Å²) in [6, 6.07) is 55.0. The number of thiophene rings is 1. The Kier molecular flexibility index (Phi) is 6.96. The lowest BCUT2D eigenvalue weighted by Gasteiger charge is -2.13. The summed E-state index contributed by atoms with van der Waals surface area (Å²) in [7, 11) is 0. The molecule has 5 aromatic heterocycles. The quantitative estimate of drug-likeness (QED) is 0.171. The van der Waals surface area contributed by atoms with E-state index in [2.05, 4.69) is 138 Å². The van der Waals surface area contributed by atoms with Gasteiger partial charge in [0.05, 0.1) is 34.0 Å². The van der Waals surface area contributed by atoms with Crippen LogP contribution in [0.2, 0.25) is 0 Å². The van der Waals surface area contributed by atoms with E-state index in [9.17, 15) is 0 Å². The van der Waals surface area contributed by atoms with Gasteiger partial charge >= 0.3 is 0 Å². The summed E-state index contributed by atoms with van der Waals surface area (Å²) >= 11 is 1.85. The van der Waals surface area contributed by atoms with E-state index >= 15 is 0 Å². The zero-order valence-electron chi connectivity index (χ0n) is 27.4. The van der Waals surface area contributed by atoms with E-state index < -0.39 is 0 Å². The second kappa shape index (κ2) is 12.1. The molecule has 0 atom stereocenters. The monoisotopic (exact) mass is 668 g/mol. The molecular formula is C46H28N4S. The van der Waals surface area contributed by atoms with Gasteiger partial charge in [-0.3, -0.25) is 9.97 Å². The molecule has 0 amide bonds. The van der Waals surface area contributed by atoms with Crippen molar-refractivity contribution in [2.45, 2.75) is 0 Å². The summed E-state index contributed by atoms with van der Waals surface area (Å²) in [4.78, 5) is 19.9. The number of pyridine rings is 4. The summed E-state index contributed by atoms with van der Waals surface area (Å²) in [6.07, 6.45) is 3.74. The highest BCUT2D eigenvalue weighted by Crippen LogP contribution is 2.44. The zero-order valence-corrected chi connectivity index (χ0v) is 28.2. The third-order valence-corrected chi connectivity index (χ3v) is 10.7. The van der Waals surface area contributed by atoms with Gasteiger partial charge < -0.3 is 0 Å². The van der Waals surface area contributed by atoms with Crippen molar-refractivity contribution in [1.82, 2.24) is 19.9 Å². The molecule has 10 aromatic rings. The predicted molar refractivity (Wildman–Crippen MR) is 213 cm³/mol. The SMILES string of the molecule is c1ccc(-c2cc(-c3ccccn3)nc(-c3ccc(-c4ccc5c(c4)nc(-c4ccccc4)c4ccc6sc7ccccc7c6c45)cn3)c2)cc1. The lowest BCUT2D eigenvalue weighted by atomic mass is 9.95. The summed E-state index contributed by atoms with van der Waals surface area (Å²) in [5.74, 6) is 0. The Labute approximate surface area is 298 Å². The average Bonchev–Trinajstić information content (AvgIpc) is 3.60. The molecule has 4 nitrogen and oxygen atoms in total. The van der Waals surface area contributed by atoms with Crippen LogP contribution in [0, 0.1) is 0 Å². The predicted octanol–water partition coefficient (Wildman–Crippen LogP) is 12.3. The number of hydrogen-bond acceptors (Lipinski definition) is 5. The molecule has 5 aromatic carbocycles. The van der Waals surface area contributed by atoms with Crippen LogP contribution in [0.3, 0.4) is 0 Å². The molecule has 0 saturated heterocycles. The first kappa shape index (κ1) is 29.4. The number of aromatic nitrogens is 4. The van der Waals surface area contributed by atoms with Crippen molar-refractivity contribution in [2.24, 2.45) is 0 Å². The zero-order chi connectivity index (χ0) is 33.7. The summed E-state index contributed by atoms with van der Waals surface area (Å²) in [5.41, 5.74) is 10.6. The number of fused-ring (bicyclic) bond motifs is 7. The van der Waals surface area contributed by atoms with Gasteiger partial charge in [0, 0.05) is 59.9 Å². The molecule has 0 radical (unpaired) electrons. The van der Waals surface area contributed by atoms with E-state index in [1.165, 1.54) is 30.9 Å². The van der Waals surface area contributed by atoms with Crippen LogP contribution in [0.5, 0.6) is 0 Å². The van der Waals surface area contributed by atoms with Crippen molar-refractivity contribution in [3.63, 3.8) is 0 Å². The van der Waals surface area contributed by atoms with Crippen LogP contribution in [0.1, 0.15) is 0 Å². The molecule has 0 bridgehead atoms. The van der Waals surface area contributed by atoms with E-state index in [-0.39, 0.29) is 0 Å². The first-order valence-corrected chi connectivity index (χ1v) is 17.8. The Morgan fingerprint density at radius 1 is 0.373 bits per heavy atom. The van der Waals surface area contributed by atoms with Crippen LogP contribution in [-0.4, -0.2) is 19.9 Å². The summed E-state index contributed by atoms with van der Waals surface area (Å²) in [5, 5.41) is 6.15. The minimum Gasteiger partial charge on any atom is -0.255 e. The van der Waals surface area contributed by atoms with Crippen molar-refractivity contribution >= 4 is 53.2 Å². The van der Waals surface area contributed by atoms with Crippen LogP contribution in [-0.2, 0) is 0 Å². The second-order valence-corrected chi connectivity index (χ2v) is 13.7. The van der Waals surface area contributed by atoms with Crippen molar-refractivity contribution in [1.29, 1.82) is 0 Å². The lowest BCUT2D eigenvalue weighted by molar-refractivity contribution is 1.22. The van der Waals surface area contributed by atoms with E-state index in [0.29, 0.717) is 0 Å². The van der Waals surface area contributed by atoms with Crippen LogP contribution in [0.15, 0.2) is 170 Å². The van der Waals surface area contributed by atoms with Gasteiger partial charge in [0.25, 0.3) is 0 Å². The Morgan fingerprint density at radius 3 is 1.84 bits per heavy atom. The molecule has 0 aliphatic heterocycles. The van der Waals surface area contributed by atoms with E-state index in [4.69, 9.17) is 15.0 Å². The Balaban J connectivity index is 1.12. The third-order valence-electron chi connectivity index (χ3n) is 9.56. The highest BCUT2D eigenvalue weighted by Gasteiger charge is 2.17. The Bertz CT molecular complexity index is 2830. The van der Waals surface area contributed by atoms with Crippen LogP contribution < -0.4 is 0 Å². The molecule has 5 heterocycles. The average molecular weight is 669 g/mol. The molecule has 10 rings (SSSR count). The number of benzene rings is 5. The van der Waals surface area contributed by atoms with Crippen LogP contribution >= 0.6 is 11.3 Å². The lowest BCUT2D eigenvalue weighted by Crippen LogP contribution is -1.94. The van der Waals surface area contributed by atoms with Gasteiger partial charge in [0.2, 0.25) is 0 Å². The van der Waals surface area contributed by atoms with Crippen LogP contribution in [0.4, 0.5) is 0 Å². The Hall–Kier alpha value is -6.56. The van der Waals surface area contributed by atoms with Gasteiger partial charge in [-0.15, -0.1) is 11.3 Å². The molecule has 0 aliphatic rings. The van der Waals surface area contributed by atoms with Gasteiger partial charge in [-0.25, -0.2) is 9.97 Å². The maximum atomic E-state index is 5.34. The fourth-order valence-electron chi connectivity index (χ4n) is 7.13. The molecule has 0 aliphatic carbocycles. The third kappa shape index (κ3) is 5.14. The summed E-state index contributed by atoms with van der Waals surface area (Å²) < 4.78 is 2.58. The largest absolute Gasteiger partial charge is 0.255 e. The van der Waals surface area contributed by atoms with Crippen molar-refractivity contribution < 1.29 is 0 Å². The highest BCUT2D eigenvalue weighted by molar-refractivity contribution is 7.26. The minimum absolute atomic E-state index is 0.801. The van der Waals surface area contributed by atoms with Crippen molar-refractivity contribution in [2.75, 3.05) is 0 Å². The highest BCUT2D eigenvalue weighted by atomic mass is 32.1. The minimum atomic E-state index is 0.801. The van der Waals surface area contributed by atoms with E-state index in [0.717, 1.165) is 67.2 Å². The fourth-order valence-corrected chi connectivity index (χ4v) is 8.24. The maximum Gasteiger partial charge on any atom is 0.0900 e. The van der Waals surface area contributed by atoms with E-state index in [1.54, 1.807) is 6.20 Å². The maximum absolute atomic E-state index is 5.34. The topological polar surface area (TPSA) is 51.6 Å². The molecule has 0 saturated carbocycles. The summed E-state index contributed by atoms with van der Waals surface area (Å²) in [6.45, 7) is 0. The number of rotatable bonds is 5. The molecule has 0 fully saturated rings. The smallest absolute Gasteiger partial charge is 0.0900 e. The first-order chi connectivity index (χ1) is 25.3. The fraction of sp³-hybridized carbons (Fsp3) is 0. The molecule has 0 spiro atoms. The Morgan fingerprint density at radius 2 is 1.08 bits per heavy atom. The molecule has 51 heavy (non-hydrogen) atoms. The van der Waals surface area contributed by atoms with Gasteiger partial charge in [-0.2, -0.15) is 0 Å². The number of nitrogens with zero attached hydrogens (tertiary/aromatic N) is 4. The first-order valence-electron chi connectivity index (χ1n) is 17.0. The second-order valence-electron chi connectivity index (χ2n) is 12.7. The molecule has 0 unspecified atom stereocenters. The molecule has 238 valence electrons. The number of hydrogen-bond donors (Lipinski definition) is 0. The van der Waals surface area contributed by atoms with Crippen molar-refractivity contribution in [3.8, 4) is 56.3 Å². The standard InChI is InChI=1S/C46H28N4S/c1-3-11-29(12-4-1)33-26-40(37-16-9-10-24-47-37)49-41(27-33)38-22-19-32(28-48-38)31-18-20-34-39(25-31)50-46(30-13-5-2-6-14-30)36-21-23-43-45(44(34)36)35-15-7-8-17-42(35)51-43/h1-28H. The van der Waals surface area contributed by atoms with Crippen molar-refractivity contribution in [3.05, 3.63) is 170 Å². The van der Waals surface area contributed by atoms with Gasteiger partial charge in [0.15, 0.2) is 0 Å². The van der Waals surface area contributed by atoms with E-state index in [1.807, 2.05) is 41.8 Å². The molecular weight excluding hydrogens is 641 g/mol. The van der Waals surface area contributed by atoms with Gasteiger partial charge in [0.1, 0.15) is 0 Å². The van der Waals surface area contributed by atoms with Gasteiger partial charge in [-0.05, 0) is 65.2 Å². The molecule has 0 N–H and O–H groups in total. The molecule has 5 heteroatoms. The normalized spacial score (nSPS) is 11.5.